The fourth-order valence-electron chi connectivity index (χ4n) is 2.09. The van der Waals surface area contributed by atoms with Gasteiger partial charge < -0.3 is 9.84 Å². The van der Waals surface area contributed by atoms with E-state index in [0.29, 0.717) is 18.7 Å². The van der Waals surface area contributed by atoms with E-state index in [-0.39, 0.29) is 23.7 Å². The molecule has 0 aliphatic carbocycles. The van der Waals surface area contributed by atoms with Gasteiger partial charge in [0.2, 0.25) is 0 Å². The molecule has 0 bridgehead atoms. The Morgan fingerprint density at radius 3 is 3.00 bits per heavy atom. The van der Waals surface area contributed by atoms with Gasteiger partial charge in [0.25, 0.3) is 0 Å². The third-order valence-corrected chi connectivity index (χ3v) is 3.15. The molecule has 0 spiro atoms. The first-order valence-electron chi connectivity index (χ1n) is 5.89. The van der Waals surface area contributed by atoms with Crippen molar-refractivity contribution in [3.05, 3.63) is 29.6 Å². The molecular formula is C13H18FNO2. The van der Waals surface area contributed by atoms with Gasteiger partial charge in [0.15, 0.2) is 0 Å². The predicted octanol–water partition coefficient (Wildman–Crippen LogP) is 2.14. The predicted molar refractivity (Wildman–Crippen MR) is 63.4 cm³/mol. The Hall–Kier alpha value is -1.13. The lowest BCUT2D eigenvalue weighted by Gasteiger charge is -2.36. The number of hydrogen-bond acceptors (Lipinski definition) is 3. The second-order valence-electron chi connectivity index (χ2n) is 4.70. The fourth-order valence-corrected chi connectivity index (χ4v) is 2.09. The van der Waals surface area contributed by atoms with Crippen LogP contribution < -0.4 is 0 Å². The Morgan fingerprint density at radius 1 is 1.47 bits per heavy atom. The molecule has 3 nitrogen and oxygen atoms in total. The van der Waals surface area contributed by atoms with Crippen LogP contribution in [0.2, 0.25) is 0 Å². The van der Waals surface area contributed by atoms with Crippen molar-refractivity contribution in [3.63, 3.8) is 0 Å². The SMILES string of the molecule is CC1CN(Cc2cc(F)ccc2O)C(C)CO1. The molecule has 1 heterocycles. The van der Waals surface area contributed by atoms with Gasteiger partial charge in [-0.2, -0.15) is 0 Å². The number of morpholine rings is 1. The molecule has 2 unspecified atom stereocenters. The van der Waals surface area contributed by atoms with E-state index in [2.05, 4.69) is 11.8 Å². The molecule has 1 fully saturated rings. The summed E-state index contributed by atoms with van der Waals surface area (Å²) in [6.07, 6.45) is 0.182. The molecule has 2 atom stereocenters. The van der Waals surface area contributed by atoms with E-state index >= 15 is 0 Å². The standard InChI is InChI=1S/C13H18FNO2/c1-9-8-17-10(2)6-15(9)7-11-5-12(14)3-4-13(11)16/h3-5,9-10,16H,6-8H2,1-2H3. The van der Waals surface area contributed by atoms with Gasteiger partial charge in [0.05, 0.1) is 12.7 Å². The van der Waals surface area contributed by atoms with E-state index < -0.39 is 0 Å². The number of aromatic hydroxyl groups is 1. The van der Waals surface area contributed by atoms with Gasteiger partial charge in [-0.3, -0.25) is 4.90 Å². The van der Waals surface area contributed by atoms with Crippen LogP contribution in [0.5, 0.6) is 5.75 Å². The Balaban J connectivity index is 2.11. The summed E-state index contributed by atoms with van der Waals surface area (Å²) in [7, 11) is 0. The summed E-state index contributed by atoms with van der Waals surface area (Å²) in [6, 6.07) is 4.35. The second kappa shape index (κ2) is 5.02. The first-order valence-corrected chi connectivity index (χ1v) is 5.89. The summed E-state index contributed by atoms with van der Waals surface area (Å²) in [4.78, 5) is 2.20. The maximum atomic E-state index is 13.1. The topological polar surface area (TPSA) is 32.7 Å². The van der Waals surface area contributed by atoms with Gasteiger partial charge in [-0.25, -0.2) is 4.39 Å². The number of hydrogen-bond donors (Lipinski definition) is 1. The summed E-state index contributed by atoms with van der Waals surface area (Å²) in [6.45, 7) is 6.12. The van der Waals surface area contributed by atoms with Crippen molar-refractivity contribution in [1.82, 2.24) is 4.90 Å². The molecule has 2 rings (SSSR count). The summed E-state index contributed by atoms with van der Waals surface area (Å²) in [5, 5.41) is 9.69. The summed E-state index contributed by atoms with van der Waals surface area (Å²) in [5.41, 5.74) is 0.631. The van der Waals surface area contributed by atoms with Crippen molar-refractivity contribution >= 4 is 0 Å². The average Bonchev–Trinajstić information content (AvgIpc) is 2.28. The quantitative estimate of drug-likeness (QED) is 0.858. The van der Waals surface area contributed by atoms with E-state index in [4.69, 9.17) is 4.74 Å². The van der Waals surface area contributed by atoms with Crippen LogP contribution >= 0.6 is 0 Å². The van der Waals surface area contributed by atoms with E-state index in [1.165, 1.54) is 18.2 Å². The zero-order valence-corrected chi connectivity index (χ0v) is 10.2. The molecule has 0 radical (unpaired) electrons. The monoisotopic (exact) mass is 239 g/mol. The number of phenolic OH excluding ortho intramolecular Hbond substituents is 1. The number of halogens is 1. The molecule has 0 aromatic heterocycles. The normalized spacial score (nSPS) is 26.1. The highest BCUT2D eigenvalue weighted by Crippen LogP contribution is 2.22. The van der Waals surface area contributed by atoms with E-state index in [1.54, 1.807) is 0 Å². The van der Waals surface area contributed by atoms with Crippen LogP contribution in [0.4, 0.5) is 4.39 Å². The second-order valence-corrected chi connectivity index (χ2v) is 4.70. The largest absolute Gasteiger partial charge is 0.508 e. The van der Waals surface area contributed by atoms with Crippen molar-refractivity contribution in [2.24, 2.45) is 0 Å². The number of benzene rings is 1. The maximum absolute atomic E-state index is 13.1. The molecule has 1 saturated heterocycles. The number of rotatable bonds is 2. The number of phenols is 1. The van der Waals surface area contributed by atoms with Crippen LogP contribution in [0.3, 0.4) is 0 Å². The Labute approximate surface area is 101 Å². The minimum absolute atomic E-state index is 0.151. The van der Waals surface area contributed by atoms with Crippen LogP contribution in [-0.4, -0.2) is 35.3 Å². The molecular weight excluding hydrogens is 221 g/mol. The molecule has 1 aromatic carbocycles. The van der Waals surface area contributed by atoms with Gasteiger partial charge >= 0.3 is 0 Å². The minimum Gasteiger partial charge on any atom is -0.508 e. The fraction of sp³-hybridized carbons (Fsp3) is 0.538. The third-order valence-electron chi connectivity index (χ3n) is 3.15. The highest BCUT2D eigenvalue weighted by molar-refractivity contribution is 5.32. The smallest absolute Gasteiger partial charge is 0.123 e. The number of nitrogens with zero attached hydrogens (tertiary/aromatic N) is 1. The molecule has 94 valence electrons. The molecule has 0 amide bonds. The van der Waals surface area contributed by atoms with Crippen LogP contribution in [-0.2, 0) is 11.3 Å². The van der Waals surface area contributed by atoms with Gasteiger partial charge in [-0.1, -0.05) is 0 Å². The minimum atomic E-state index is -0.313. The van der Waals surface area contributed by atoms with Gasteiger partial charge in [-0.15, -0.1) is 0 Å². The molecule has 1 aliphatic heterocycles. The van der Waals surface area contributed by atoms with E-state index in [9.17, 15) is 9.50 Å². The summed E-state index contributed by atoms with van der Waals surface area (Å²) in [5.74, 6) is -0.162. The van der Waals surface area contributed by atoms with E-state index in [0.717, 1.165) is 6.54 Å². The highest BCUT2D eigenvalue weighted by atomic mass is 19.1. The summed E-state index contributed by atoms with van der Waals surface area (Å²) >= 11 is 0. The molecule has 1 aliphatic rings. The van der Waals surface area contributed by atoms with Crippen LogP contribution in [0.25, 0.3) is 0 Å². The molecule has 0 saturated carbocycles. The summed E-state index contributed by atoms with van der Waals surface area (Å²) < 4.78 is 18.7. The van der Waals surface area contributed by atoms with Crippen LogP contribution in [0.15, 0.2) is 18.2 Å². The molecule has 4 heteroatoms. The van der Waals surface area contributed by atoms with Crippen molar-refractivity contribution in [3.8, 4) is 5.75 Å². The third kappa shape index (κ3) is 2.96. The van der Waals surface area contributed by atoms with Gasteiger partial charge in [0, 0.05) is 24.7 Å². The lowest BCUT2D eigenvalue weighted by molar-refractivity contribution is -0.0528. The maximum Gasteiger partial charge on any atom is 0.123 e. The molecule has 17 heavy (non-hydrogen) atoms. The van der Waals surface area contributed by atoms with E-state index in [1.807, 2.05) is 6.92 Å². The number of ether oxygens (including phenoxy) is 1. The van der Waals surface area contributed by atoms with Crippen LogP contribution in [0.1, 0.15) is 19.4 Å². The Bertz CT molecular complexity index is 397. The lowest BCUT2D eigenvalue weighted by atomic mass is 10.1. The van der Waals surface area contributed by atoms with Gasteiger partial charge in [-0.05, 0) is 32.0 Å². The lowest BCUT2D eigenvalue weighted by Crippen LogP contribution is -2.46. The molecule has 1 N–H and O–H groups in total. The average molecular weight is 239 g/mol. The zero-order chi connectivity index (χ0) is 12.4. The highest BCUT2D eigenvalue weighted by Gasteiger charge is 2.24. The van der Waals surface area contributed by atoms with Crippen molar-refractivity contribution in [1.29, 1.82) is 0 Å². The van der Waals surface area contributed by atoms with Gasteiger partial charge in [0.1, 0.15) is 11.6 Å². The van der Waals surface area contributed by atoms with Crippen molar-refractivity contribution in [2.45, 2.75) is 32.5 Å². The Morgan fingerprint density at radius 2 is 2.24 bits per heavy atom. The zero-order valence-electron chi connectivity index (χ0n) is 10.2. The Kier molecular flexibility index (Phi) is 3.64. The first kappa shape index (κ1) is 12.3. The first-order chi connectivity index (χ1) is 8.06. The molecule has 1 aromatic rings. The van der Waals surface area contributed by atoms with Crippen molar-refractivity contribution < 1.29 is 14.2 Å². The van der Waals surface area contributed by atoms with Crippen LogP contribution in [0, 0.1) is 5.82 Å². The van der Waals surface area contributed by atoms with Crippen molar-refractivity contribution in [2.75, 3.05) is 13.2 Å².